The van der Waals surface area contributed by atoms with Gasteiger partial charge in [0.2, 0.25) is 16.0 Å². The highest BCUT2D eigenvalue weighted by atomic mass is 35.5. The molecule has 4 N–H and O–H groups in total. The molecule has 12 nitrogen and oxygen atoms in total. The van der Waals surface area contributed by atoms with E-state index >= 15 is 0 Å². The maximum Gasteiger partial charge on any atom is 0.229 e. The van der Waals surface area contributed by atoms with Crippen LogP contribution in [-0.2, 0) is 23.1 Å². The summed E-state index contributed by atoms with van der Waals surface area (Å²) < 4.78 is 37.8. The molecule has 1 saturated heterocycles. The van der Waals surface area contributed by atoms with Gasteiger partial charge in [0.1, 0.15) is 22.3 Å². The van der Waals surface area contributed by atoms with E-state index in [4.69, 9.17) is 20.8 Å². The van der Waals surface area contributed by atoms with Crippen LogP contribution in [0.4, 0.5) is 34.5 Å². The molecule has 0 saturated carbocycles. The summed E-state index contributed by atoms with van der Waals surface area (Å²) in [4.78, 5) is 13.7. The summed E-state index contributed by atoms with van der Waals surface area (Å²) >= 11 is 6.36. The van der Waals surface area contributed by atoms with E-state index in [1.165, 1.54) is 6.20 Å². The molecule has 0 unspecified atom stereocenters. The molecule has 0 bridgehead atoms. The number of benzene rings is 2. The Morgan fingerprint density at radius 3 is 2.41 bits per heavy atom. The Kier molecular flexibility index (Phi) is 10.1. The number of aromatic nitrogens is 2. The van der Waals surface area contributed by atoms with Gasteiger partial charge in [0, 0.05) is 37.9 Å². The Morgan fingerprint density at radius 1 is 0.955 bits per heavy atom. The molecular formula is C30H37ClN8O4S. The average molecular weight is 641 g/mol. The molecule has 0 aliphatic carbocycles. The highest BCUT2D eigenvalue weighted by molar-refractivity contribution is 7.92. The monoisotopic (exact) mass is 640 g/mol. The molecule has 3 heterocycles. The topological polar surface area (TPSA) is 137 Å². The normalized spacial score (nSPS) is 14.3. The molecular weight excluding hydrogens is 604 g/mol. The summed E-state index contributed by atoms with van der Waals surface area (Å²) in [5, 5.41) is 9.90. The van der Waals surface area contributed by atoms with Crippen molar-refractivity contribution in [3.63, 3.8) is 0 Å². The third-order valence-electron chi connectivity index (χ3n) is 7.14. The van der Waals surface area contributed by atoms with Gasteiger partial charge in [-0.2, -0.15) is 4.98 Å². The number of nitrogens with one attached hydrogen (secondary N) is 4. The van der Waals surface area contributed by atoms with Gasteiger partial charge in [0.15, 0.2) is 5.82 Å². The standard InChI is InChI=1S/C30H37ClN8O4S/c1-4-38-13-15-39(16-14-38)20-23-11-10-22(43-23)18-32-21-9-12-27(28(17-21)42-2)35-30-33-19-24(31)29(36-30)34-25-7-5-6-8-26(25)37-44(3,40)41/h5-12,17,19,32,37H,4,13-16,18,20H2,1-3H3,(H2,33,34,35,36). The van der Waals surface area contributed by atoms with E-state index in [2.05, 4.69) is 47.4 Å². The lowest BCUT2D eigenvalue weighted by Gasteiger charge is -2.33. The number of likely N-dealkylation sites (N-methyl/N-ethyl adjacent to an activating group) is 1. The number of piperazine rings is 1. The predicted octanol–water partition coefficient (Wildman–Crippen LogP) is 5.34. The lowest BCUT2D eigenvalue weighted by molar-refractivity contribution is 0.125. The molecule has 44 heavy (non-hydrogen) atoms. The number of methoxy groups -OCH3 is 1. The molecule has 14 heteroatoms. The molecule has 0 amide bonds. The van der Waals surface area contributed by atoms with Crippen molar-refractivity contribution in [3.05, 3.63) is 77.3 Å². The zero-order valence-electron chi connectivity index (χ0n) is 24.9. The lowest BCUT2D eigenvalue weighted by atomic mass is 10.2. The van der Waals surface area contributed by atoms with Gasteiger partial charge in [-0.1, -0.05) is 30.7 Å². The maximum absolute atomic E-state index is 11.8. The third kappa shape index (κ3) is 8.53. The lowest BCUT2D eigenvalue weighted by Crippen LogP contribution is -2.45. The third-order valence-corrected chi connectivity index (χ3v) is 8.01. The van der Waals surface area contributed by atoms with E-state index in [1.807, 2.05) is 30.3 Å². The number of halogens is 1. The summed E-state index contributed by atoms with van der Waals surface area (Å²) in [5.41, 5.74) is 2.35. The summed E-state index contributed by atoms with van der Waals surface area (Å²) in [6.07, 6.45) is 2.54. The van der Waals surface area contributed by atoms with Gasteiger partial charge in [-0.15, -0.1) is 0 Å². The summed E-state index contributed by atoms with van der Waals surface area (Å²) in [6.45, 7) is 8.96. The second kappa shape index (κ2) is 14.2. The van der Waals surface area contributed by atoms with Crippen LogP contribution < -0.4 is 25.4 Å². The van der Waals surface area contributed by atoms with Gasteiger partial charge in [0.05, 0.1) is 49.7 Å². The minimum Gasteiger partial charge on any atom is -0.494 e. The smallest absolute Gasteiger partial charge is 0.229 e. The SMILES string of the molecule is CCN1CCN(Cc2ccc(CNc3ccc(Nc4ncc(Cl)c(Nc5ccccc5NS(C)(=O)=O)n4)c(OC)c3)o2)CC1. The van der Waals surface area contributed by atoms with E-state index in [1.54, 1.807) is 31.4 Å². The van der Waals surface area contributed by atoms with Gasteiger partial charge in [-0.05, 0) is 42.9 Å². The van der Waals surface area contributed by atoms with Crippen molar-refractivity contribution in [2.75, 3.05) is 66.8 Å². The fraction of sp³-hybridized carbons (Fsp3) is 0.333. The average Bonchev–Trinajstić information content (AvgIpc) is 3.46. The van der Waals surface area contributed by atoms with Crippen molar-refractivity contribution in [1.29, 1.82) is 0 Å². The van der Waals surface area contributed by atoms with Crippen LogP contribution in [0.15, 0.2) is 65.2 Å². The first-order valence-electron chi connectivity index (χ1n) is 14.3. The van der Waals surface area contributed by atoms with Crippen LogP contribution in [0.1, 0.15) is 18.4 Å². The number of anilines is 6. The highest BCUT2D eigenvalue weighted by Gasteiger charge is 2.17. The number of nitrogens with zero attached hydrogens (tertiary/aromatic N) is 4. The Bertz CT molecular complexity index is 1680. The quantitative estimate of drug-likeness (QED) is 0.151. The van der Waals surface area contributed by atoms with E-state index in [9.17, 15) is 8.42 Å². The number of hydrogen-bond acceptors (Lipinski definition) is 11. The number of rotatable bonds is 13. The zero-order valence-corrected chi connectivity index (χ0v) is 26.5. The van der Waals surface area contributed by atoms with E-state index in [0.29, 0.717) is 35.2 Å². The molecule has 234 valence electrons. The van der Waals surface area contributed by atoms with Gasteiger partial charge in [-0.25, -0.2) is 13.4 Å². The Balaban J connectivity index is 1.21. The minimum atomic E-state index is -3.48. The molecule has 0 atom stereocenters. The van der Waals surface area contributed by atoms with Gasteiger partial charge >= 0.3 is 0 Å². The minimum absolute atomic E-state index is 0.261. The van der Waals surface area contributed by atoms with E-state index in [0.717, 1.165) is 62.7 Å². The Hall–Kier alpha value is -4.04. The molecule has 2 aromatic carbocycles. The van der Waals surface area contributed by atoms with Crippen LogP contribution in [0.5, 0.6) is 5.75 Å². The number of sulfonamides is 1. The van der Waals surface area contributed by atoms with Crippen molar-refractivity contribution in [1.82, 2.24) is 19.8 Å². The van der Waals surface area contributed by atoms with E-state index in [-0.39, 0.29) is 11.0 Å². The largest absolute Gasteiger partial charge is 0.494 e. The summed E-state index contributed by atoms with van der Waals surface area (Å²) in [6, 6.07) is 16.6. The first-order chi connectivity index (χ1) is 21.2. The van der Waals surface area contributed by atoms with Crippen molar-refractivity contribution < 1.29 is 17.6 Å². The van der Waals surface area contributed by atoms with Crippen molar-refractivity contribution in [2.24, 2.45) is 0 Å². The first-order valence-corrected chi connectivity index (χ1v) is 16.5. The van der Waals surface area contributed by atoms with Crippen molar-refractivity contribution in [3.8, 4) is 5.75 Å². The van der Waals surface area contributed by atoms with Gasteiger partial charge < -0.3 is 30.0 Å². The fourth-order valence-electron chi connectivity index (χ4n) is 4.82. The molecule has 5 rings (SSSR count). The van der Waals surface area contributed by atoms with Crippen LogP contribution in [0.2, 0.25) is 5.02 Å². The van der Waals surface area contributed by atoms with E-state index < -0.39 is 10.0 Å². The summed E-state index contributed by atoms with van der Waals surface area (Å²) in [5.74, 6) is 2.97. The number of furan rings is 1. The number of hydrogen-bond donors (Lipinski definition) is 4. The molecule has 1 aliphatic heterocycles. The van der Waals surface area contributed by atoms with Crippen LogP contribution in [-0.4, -0.2) is 74.3 Å². The molecule has 4 aromatic rings. The van der Waals surface area contributed by atoms with Crippen molar-refractivity contribution in [2.45, 2.75) is 20.0 Å². The second-order valence-corrected chi connectivity index (χ2v) is 12.6. The fourth-order valence-corrected chi connectivity index (χ4v) is 5.54. The molecule has 2 aromatic heterocycles. The highest BCUT2D eigenvalue weighted by Crippen LogP contribution is 2.33. The zero-order chi connectivity index (χ0) is 31.1. The maximum atomic E-state index is 11.8. The van der Waals surface area contributed by atoms with Gasteiger partial charge in [0.25, 0.3) is 0 Å². The molecule has 1 aliphatic rings. The Labute approximate surface area is 262 Å². The number of para-hydroxylation sites is 2. The number of ether oxygens (including phenoxy) is 1. The first kappa shape index (κ1) is 31.4. The van der Waals surface area contributed by atoms with Crippen LogP contribution in [0.25, 0.3) is 0 Å². The Morgan fingerprint density at radius 2 is 1.68 bits per heavy atom. The summed E-state index contributed by atoms with van der Waals surface area (Å²) in [7, 11) is -1.90. The van der Waals surface area contributed by atoms with Crippen LogP contribution in [0.3, 0.4) is 0 Å². The molecule has 0 radical (unpaired) electrons. The van der Waals surface area contributed by atoms with Crippen LogP contribution in [0, 0.1) is 0 Å². The van der Waals surface area contributed by atoms with Gasteiger partial charge in [-0.3, -0.25) is 9.62 Å². The van der Waals surface area contributed by atoms with Crippen LogP contribution >= 0.6 is 11.6 Å². The predicted molar refractivity (Wildman–Crippen MR) is 175 cm³/mol. The van der Waals surface area contributed by atoms with Crippen molar-refractivity contribution >= 4 is 56.1 Å². The second-order valence-electron chi connectivity index (χ2n) is 10.4. The molecule has 0 spiro atoms. The molecule has 1 fully saturated rings.